The summed E-state index contributed by atoms with van der Waals surface area (Å²) in [6.45, 7) is 1.43. The van der Waals surface area contributed by atoms with Crippen LogP contribution < -0.4 is 15.7 Å². The van der Waals surface area contributed by atoms with Crippen LogP contribution in [0.15, 0.2) is 39.6 Å². The molecule has 1 aromatic heterocycles. The Morgan fingerprint density at radius 2 is 2.10 bits per heavy atom. The van der Waals surface area contributed by atoms with Crippen molar-refractivity contribution in [1.82, 2.24) is 15.3 Å². The number of rotatable bonds is 5. The van der Waals surface area contributed by atoms with E-state index in [-0.39, 0.29) is 39.9 Å². The van der Waals surface area contributed by atoms with Crippen LogP contribution in [-0.2, 0) is 6.54 Å². The van der Waals surface area contributed by atoms with Gasteiger partial charge in [0.05, 0.1) is 16.1 Å². The maximum Gasteiger partial charge on any atom is 0.323 e. The molecule has 1 amide bonds. The van der Waals surface area contributed by atoms with Crippen LogP contribution in [0.1, 0.15) is 27.3 Å². The average molecular weight is 480 g/mol. The second-order valence-electron chi connectivity index (χ2n) is 6.00. The number of aromatic amines is 2. The first-order chi connectivity index (χ1) is 13.8. The van der Waals surface area contributed by atoms with E-state index in [2.05, 4.69) is 31.2 Å². The molecule has 0 aliphatic carbocycles. The van der Waals surface area contributed by atoms with E-state index in [0.717, 1.165) is 0 Å². The maximum absolute atomic E-state index is 15.0. The number of hydrogen-bond donors (Lipinski definition) is 3. The standard InChI is InChI=1S/C19H13BrClFN4O3/c1-9-16(26-19(28)25-9)18(27)24-8-11-2-3-14(20)17(15(11)22)29-13-5-10(7-23)4-12(21)6-13/h2-6H,8H2,1H3,(H,24,27)(H2,25,26,28). The first-order valence-electron chi connectivity index (χ1n) is 8.21. The third kappa shape index (κ3) is 4.67. The number of ether oxygens (including phenoxy) is 1. The maximum atomic E-state index is 15.0. The van der Waals surface area contributed by atoms with Crippen molar-refractivity contribution < 1.29 is 13.9 Å². The molecule has 7 nitrogen and oxygen atoms in total. The number of hydrogen-bond acceptors (Lipinski definition) is 4. The molecule has 0 saturated heterocycles. The Hall–Kier alpha value is -3.09. The smallest absolute Gasteiger partial charge is 0.323 e. The summed E-state index contributed by atoms with van der Waals surface area (Å²) in [5, 5.41) is 11.8. The molecule has 0 saturated carbocycles. The lowest BCUT2D eigenvalue weighted by Gasteiger charge is -2.13. The molecule has 29 heavy (non-hydrogen) atoms. The minimum atomic E-state index is -0.697. The van der Waals surface area contributed by atoms with Crippen LogP contribution in [0, 0.1) is 24.1 Å². The first kappa shape index (κ1) is 20.6. The number of aromatic nitrogens is 2. The Morgan fingerprint density at radius 3 is 2.76 bits per heavy atom. The highest BCUT2D eigenvalue weighted by Gasteiger charge is 2.17. The van der Waals surface area contributed by atoms with Gasteiger partial charge in [-0.1, -0.05) is 17.7 Å². The Bertz CT molecular complexity index is 1200. The molecule has 0 spiro atoms. The number of H-pyrrole nitrogens is 2. The number of halogens is 3. The summed E-state index contributed by atoms with van der Waals surface area (Å²) in [4.78, 5) is 28.3. The van der Waals surface area contributed by atoms with Gasteiger partial charge in [0.15, 0.2) is 11.6 Å². The summed E-state index contributed by atoms with van der Waals surface area (Å²) in [6.07, 6.45) is 0. The van der Waals surface area contributed by atoms with Gasteiger partial charge in [-0.25, -0.2) is 9.18 Å². The van der Waals surface area contributed by atoms with Gasteiger partial charge in [-0.2, -0.15) is 5.26 Å². The highest BCUT2D eigenvalue weighted by molar-refractivity contribution is 9.10. The molecule has 0 radical (unpaired) electrons. The fourth-order valence-electron chi connectivity index (χ4n) is 2.57. The largest absolute Gasteiger partial charge is 0.453 e. The number of benzene rings is 2. The third-order valence-corrected chi connectivity index (χ3v) is 4.77. The second-order valence-corrected chi connectivity index (χ2v) is 7.29. The van der Waals surface area contributed by atoms with E-state index in [1.54, 1.807) is 13.0 Å². The molecule has 0 aliphatic heterocycles. The van der Waals surface area contributed by atoms with Crippen molar-refractivity contribution in [2.24, 2.45) is 0 Å². The van der Waals surface area contributed by atoms with E-state index < -0.39 is 17.4 Å². The number of nitrogens with zero attached hydrogens (tertiary/aromatic N) is 1. The Balaban J connectivity index is 1.83. The summed E-state index contributed by atoms with van der Waals surface area (Å²) in [5.41, 5.74) is 0.378. The number of aryl methyl sites for hydroxylation is 1. The summed E-state index contributed by atoms with van der Waals surface area (Å²) >= 11 is 9.18. The molecule has 3 N–H and O–H groups in total. The van der Waals surface area contributed by atoms with E-state index in [4.69, 9.17) is 21.6 Å². The summed E-state index contributed by atoms with van der Waals surface area (Å²) in [6, 6.07) is 9.33. The molecular formula is C19H13BrClFN4O3. The number of imidazole rings is 1. The summed E-state index contributed by atoms with van der Waals surface area (Å²) < 4.78 is 20.9. The number of carbonyl (C=O) groups excluding carboxylic acids is 1. The Kier molecular flexibility index (Phi) is 6.06. The normalized spacial score (nSPS) is 10.4. The number of amides is 1. The van der Waals surface area contributed by atoms with Gasteiger partial charge < -0.3 is 20.0 Å². The van der Waals surface area contributed by atoms with Crippen molar-refractivity contribution in [3.8, 4) is 17.6 Å². The molecule has 0 aliphatic rings. The van der Waals surface area contributed by atoms with Gasteiger partial charge in [0, 0.05) is 22.8 Å². The Labute approximate surface area is 177 Å². The van der Waals surface area contributed by atoms with Gasteiger partial charge in [0.2, 0.25) is 0 Å². The zero-order valence-corrected chi connectivity index (χ0v) is 17.2. The molecular weight excluding hydrogens is 467 g/mol. The molecule has 3 aromatic rings. The van der Waals surface area contributed by atoms with Crippen molar-refractivity contribution >= 4 is 33.4 Å². The predicted octanol–water partition coefficient (Wildman–Crippen LogP) is 4.16. The van der Waals surface area contributed by atoms with Crippen molar-refractivity contribution in [2.75, 3.05) is 0 Å². The molecule has 10 heteroatoms. The number of carbonyl (C=O) groups is 1. The summed E-state index contributed by atoms with van der Waals surface area (Å²) in [7, 11) is 0. The topological polar surface area (TPSA) is 111 Å². The van der Waals surface area contributed by atoms with E-state index in [1.807, 2.05) is 6.07 Å². The van der Waals surface area contributed by atoms with Gasteiger partial charge >= 0.3 is 5.69 Å². The Morgan fingerprint density at radius 1 is 1.34 bits per heavy atom. The number of nitriles is 1. The molecule has 0 bridgehead atoms. The highest BCUT2D eigenvalue weighted by Crippen LogP contribution is 2.35. The first-order valence-corrected chi connectivity index (χ1v) is 9.38. The minimum Gasteiger partial charge on any atom is -0.453 e. The van der Waals surface area contributed by atoms with Crippen LogP contribution in [0.25, 0.3) is 0 Å². The zero-order valence-electron chi connectivity index (χ0n) is 14.9. The predicted molar refractivity (Wildman–Crippen MR) is 108 cm³/mol. The third-order valence-electron chi connectivity index (χ3n) is 3.93. The van der Waals surface area contributed by atoms with Gasteiger partial charge in [0.1, 0.15) is 11.4 Å². The number of nitrogens with one attached hydrogen (secondary N) is 3. The minimum absolute atomic E-state index is 0.0759. The molecule has 1 heterocycles. The van der Waals surface area contributed by atoms with Crippen LogP contribution >= 0.6 is 27.5 Å². The van der Waals surface area contributed by atoms with E-state index in [1.165, 1.54) is 24.3 Å². The lowest BCUT2D eigenvalue weighted by atomic mass is 10.2. The van der Waals surface area contributed by atoms with Crippen LogP contribution in [0.2, 0.25) is 5.02 Å². The van der Waals surface area contributed by atoms with Crippen molar-refractivity contribution in [2.45, 2.75) is 13.5 Å². The van der Waals surface area contributed by atoms with E-state index in [0.29, 0.717) is 10.2 Å². The second kappa shape index (κ2) is 8.51. The fourth-order valence-corrected chi connectivity index (χ4v) is 3.18. The molecule has 0 fully saturated rings. The van der Waals surface area contributed by atoms with Crippen molar-refractivity contribution in [1.29, 1.82) is 5.26 Å². The molecule has 2 aromatic carbocycles. The molecule has 148 valence electrons. The van der Waals surface area contributed by atoms with Crippen molar-refractivity contribution in [3.63, 3.8) is 0 Å². The van der Waals surface area contributed by atoms with Gasteiger partial charge in [0.25, 0.3) is 5.91 Å². The quantitative estimate of drug-likeness (QED) is 0.510. The fraction of sp³-hybridized carbons (Fsp3) is 0.105. The SMILES string of the molecule is Cc1[nH]c(=O)[nH]c1C(=O)NCc1ccc(Br)c(Oc2cc(Cl)cc(C#N)c2)c1F. The van der Waals surface area contributed by atoms with Gasteiger partial charge in [-0.15, -0.1) is 0 Å². The van der Waals surface area contributed by atoms with E-state index >= 15 is 0 Å². The van der Waals surface area contributed by atoms with Crippen molar-refractivity contribution in [3.05, 3.63) is 78.6 Å². The lowest BCUT2D eigenvalue weighted by molar-refractivity contribution is 0.0945. The molecule has 3 rings (SSSR count). The van der Waals surface area contributed by atoms with Gasteiger partial charge in [-0.3, -0.25) is 4.79 Å². The monoisotopic (exact) mass is 478 g/mol. The summed E-state index contributed by atoms with van der Waals surface area (Å²) in [5.74, 6) is -1.18. The van der Waals surface area contributed by atoms with Crippen LogP contribution in [0.3, 0.4) is 0 Å². The zero-order chi connectivity index (χ0) is 21.1. The molecule has 0 unspecified atom stereocenters. The van der Waals surface area contributed by atoms with Crippen LogP contribution in [-0.4, -0.2) is 15.9 Å². The van der Waals surface area contributed by atoms with Gasteiger partial charge in [-0.05, 0) is 47.1 Å². The van der Waals surface area contributed by atoms with Crippen LogP contribution in [0.4, 0.5) is 4.39 Å². The van der Waals surface area contributed by atoms with E-state index in [9.17, 15) is 14.0 Å². The average Bonchev–Trinajstić information content (AvgIpc) is 3.02. The van der Waals surface area contributed by atoms with Crippen LogP contribution in [0.5, 0.6) is 11.5 Å². The highest BCUT2D eigenvalue weighted by atomic mass is 79.9. The lowest BCUT2D eigenvalue weighted by Crippen LogP contribution is -2.25. The molecule has 0 atom stereocenters.